The number of pyridine rings is 1. The maximum Gasteiger partial charge on any atom is 0.0704 e. The number of aryl methyl sites for hydroxylation is 1. The minimum absolute atomic E-state index is 1.03. The standard InChI is InChI=1S/C14H12N2/c1-10-8-14-11(5-7-16-14)9-12(10)13-4-2-3-6-15-13/h2-9,16H,1H3. The van der Waals surface area contributed by atoms with Crippen molar-refractivity contribution in [3.05, 3.63) is 54.4 Å². The second kappa shape index (κ2) is 3.49. The van der Waals surface area contributed by atoms with Gasteiger partial charge in [0.15, 0.2) is 0 Å². The SMILES string of the molecule is Cc1cc2[nH]ccc2cc1-c1ccccn1. The fourth-order valence-corrected chi connectivity index (χ4v) is 2.01. The number of aromatic nitrogens is 2. The highest BCUT2D eigenvalue weighted by Crippen LogP contribution is 2.26. The van der Waals surface area contributed by atoms with E-state index in [0.717, 1.165) is 5.69 Å². The molecule has 0 amide bonds. The summed E-state index contributed by atoms with van der Waals surface area (Å²) in [5.74, 6) is 0. The van der Waals surface area contributed by atoms with Crippen LogP contribution in [0, 0.1) is 6.92 Å². The molecule has 0 aliphatic rings. The van der Waals surface area contributed by atoms with Crippen molar-refractivity contribution in [2.24, 2.45) is 0 Å². The van der Waals surface area contributed by atoms with Crippen LogP contribution in [0.2, 0.25) is 0 Å². The number of aromatic amines is 1. The molecule has 2 heteroatoms. The lowest BCUT2D eigenvalue weighted by Crippen LogP contribution is -1.86. The monoisotopic (exact) mass is 208 g/mol. The molecule has 0 saturated heterocycles. The number of nitrogens with one attached hydrogen (secondary N) is 1. The van der Waals surface area contributed by atoms with Gasteiger partial charge in [-0.3, -0.25) is 4.98 Å². The van der Waals surface area contributed by atoms with Gasteiger partial charge in [0, 0.05) is 28.9 Å². The Bertz CT molecular complexity index is 624. The minimum Gasteiger partial charge on any atom is -0.361 e. The van der Waals surface area contributed by atoms with Crippen molar-refractivity contribution in [2.45, 2.75) is 6.92 Å². The predicted octanol–water partition coefficient (Wildman–Crippen LogP) is 3.54. The van der Waals surface area contributed by atoms with Crippen LogP contribution in [0.5, 0.6) is 0 Å². The topological polar surface area (TPSA) is 28.7 Å². The van der Waals surface area contributed by atoms with Crippen LogP contribution in [-0.4, -0.2) is 9.97 Å². The maximum absolute atomic E-state index is 4.39. The average Bonchev–Trinajstić information content (AvgIpc) is 2.76. The molecule has 0 saturated carbocycles. The summed E-state index contributed by atoms with van der Waals surface area (Å²) in [6.07, 6.45) is 3.79. The van der Waals surface area contributed by atoms with Gasteiger partial charge in [-0.2, -0.15) is 0 Å². The van der Waals surface area contributed by atoms with Gasteiger partial charge in [-0.15, -0.1) is 0 Å². The van der Waals surface area contributed by atoms with E-state index in [2.05, 4.69) is 35.1 Å². The fourth-order valence-electron chi connectivity index (χ4n) is 2.01. The number of H-pyrrole nitrogens is 1. The zero-order valence-corrected chi connectivity index (χ0v) is 9.07. The molecule has 0 aliphatic heterocycles. The van der Waals surface area contributed by atoms with Crippen molar-refractivity contribution in [2.75, 3.05) is 0 Å². The van der Waals surface area contributed by atoms with Crippen molar-refractivity contribution >= 4 is 10.9 Å². The van der Waals surface area contributed by atoms with Crippen molar-refractivity contribution in [1.82, 2.24) is 9.97 Å². The van der Waals surface area contributed by atoms with Crippen LogP contribution in [0.4, 0.5) is 0 Å². The molecule has 2 heterocycles. The van der Waals surface area contributed by atoms with E-state index >= 15 is 0 Å². The quantitative estimate of drug-likeness (QED) is 0.651. The Labute approximate surface area is 94.0 Å². The second-order valence-electron chi connectivity index (χ2n) is 3.95. The molecule has 0 fully saturated rings. The van der Waals surface area contributed by atoms with E-state index in [4.69, 9.17) is 0 Å². The molecule has 2 aromatic heterocycles. The van der Waals surface area contributed by atoms with Gasteiger partial charge in [0.25, 0.3) is 0 Å². The van der Waals surface area contributed by atoms with Crippen LogP contribution in [0.1, 0.15) is 5.56 Å². The highest BCUT2D eigenvalue weighted by molar-refractivity contribution is 5.86. The van der Waals surface area contributed by atoms with Crippen LogP contribution in [0.15, 0.2) is 48.8 Å². The Hall–Kier alpha value is -2.09. The molecule has 16 heavy (non-hydrogen) atoms. The van der Waals surface area contributed by atoms with Gasteiger partial charge < -0.3 is 4.98 Å². The Morgan fingerprint density at radius 1 is 1.12 bits per heavy atom. The third kappa shape index (κ3) is 1.39. The van der Waals surface area contributed by atoms with E-state index in [1.54, 1.807) is 0 Å². The predicted molar refractivity (Wildman–Crippen MR) is 66.3 cm³/mol. The molecule has 0 aliphatic carbocycles. The molecule has 0 bridgehead atoms. The number of hydrogen-bond acceptors (Lipinski definition) is 1. The number of rotatable bonds is 1. The molecule has 0 spiro atoms. The van der Waals surface area contributed by atoms with Gasteiger partial charge in [-0.05, 0) is 42.8 Å². The van der Waals surface area contributed by atoms with E-state index in [0.29, 0.717) is 0 Å². The first-order valence-corrected chi connectivity index (χ1v) is 5.34. The third-order valence-corrected chi connectivity index (χ3v) is 2.84. The molecule has 0 radical (unpaired) electrons. The Balaban J connectivity index is 2.27. The van der Waals surface area contributed by atoms with Crippen molar-refractivity contribution in [3.8, 4) is 11.3 Å². The van der Waals surface area contributed by atoms with E-state index in [1.165, 1.54) is 22.0 Å². The van der Waals surface area contributed by atoms with Gasteiger partial charge in [-0.25, -0.2) is 0 Å². The zero-order chi connectivity index (χ0) is 11.0. The summed E-state index contributed by atoms with van der Waals surface area (Å²) < 4.78 is 0. The molecule has 1 N–H and O–H groups in total. The summed E-state index contributed by atoms with van der Waals surface area (Å²) >= 11 is 0. The first-order chi connectivity index (χ1) is 7.84. The Morgan fingerprint density at radius 3 is 2.88 bits per heavy atom. The molecule has 3 rings (SSSR count). The highest BCUT2D eigenvalue weighted by atomic mass is 14.7. The highest BCUT2D eigenvalue weighted by Gasteiger charge is 2.05. The first kappa shape index (κ1) is 9.16. The summed E-state index contributed by atoms with van der Waals surface area (Å²) in [7, 11) is 0. The molecular weight excluding hydrogens is 196 g/mol. The molecule has 78 valence electrons. The van der Waals surface area contributed by atoms with Crippen LogP contribution in [0.25, 0.3) is 22.2 Å². The summed E-state index contributed by atoms with van der Waals surface area (Å²) in [5, 5.41) is 1.23. The first-order valence-electron chi connectivity index (χ1n) is 5.34. The van der Waals surface area contributed by atoms with Crippen LogP contribution >= 0.6 is 0 Å². The Kier molecular flexibility index (Phi) is 2.00. The largest absolute Gasteiger partial charge is 0.361 e. The number of nitrogens with zero attached hydrogens (tertiary/aromatic N) is 1. The molecule has 0 atom stereocenters. The molecule has 2 nitrogen and oxygen atoms in total. The van der Waals surface area contributed by atoms with Crippen LogP contribution < -0.4 is 0 Å². The van der Waals surface area contributed by atoms with Crippen molar-refractivity contribution in [3.63, 3.8) is 0 Å². The maximum atomic E-state index is 4.39. The molecule has 3 aromatic rings. The smallest absolute Gasteiger partial charge is 0.0704 e. The van der Waals surface area contributed by atoms with Gasteiger partial charge in [-0.1, -0.05) is 6.07 Å². The summed E-state index contributed by atoms with van der Waals surface area (Å²) in [5.41, 5.74) is 4.65. The van der Waals surface area contributed by atoms with Crippen molar-refractivity contribution < 1.29 is 0 Å². The fraction of sp³-hybridized carbons (Fsp3) is 0.0714. The molecule has 1 aromatic carbocycles. The minimum atomic E-state index is 1.03. The van der Waals surface area contributed by atoms with E-state index < -0.39 is 0 Å². The lowest BCUT2D eigenvalue weighted by atomic mass is 10.0. The summed E-state index contributed by atoms with van der Waals surface area (Å²) in [4.78, 5) is 7.61. The normalized spacial score (nSPS) is 10.8. The molecule has 0 unspecified atom stereocenters. The van der Waals surface area contributed by atoms with E-state index in [1.807, 2.05) is 30.6 Å². The van der Waals surface area contributed by atoms with Gasteiger partial charge >= 0.3 is 0 Å². The number of fused-ring (bicyclic) bond motifs is 1. The molecular formula is C14H12N2. The van der Waals surface area contributed by atoms with E-state index in [-0.39, 0.29) is 0 Å². The number of hydrogen-bond donors (Lipinski definition) is 1. The summed E-state index contributed by atoms with van der Waals surface area (Å²) in [6, 6.07) is 12.4. The average molecular weight is 208 g/mol. The zero-order valence-electron chi connectivity index (χ0n) is 9.07. The lowest BCUT2D eigenvalue weighted by molar-refractivity contribution is 1.31. The van der Waals surface area contributed by atoms with E-state index in [9.17, 15) is 0 Å². The Morgan fingerprint density at radius 2 is 2.06 bits per heavy atom. The number of benzene rings is 1. The second-order valence-corrected chi connectivity index (χ2v) is 3.95. The van der Waals surface area contributed by atoms with Gasteiger partial charge in [0.1, 0.15) is 0 Å². The van der Waals surface area contributed by atoms with Crippen LogP contribution in [0.3, 0.4) is 0 Å². The van der Waals surface area contributed by atoms with Crippen molar-refractivity contribution in [1.29, 1.82) is 0 Å². The van der Waals surface area contributed by atoms with Gasteiger partial charge in [0.05, 0.1) is 5.69 Å². The van der Waals surface area contributed by atoms with Crippen LogP contribution in [-0.2, 0) is 0 Å². The lowest BCUT2D eigenvalue weighted by Gasteiger charge is -2.05. The summed E-state index contributed by atoms with van der Waals surface area (Å²) in [6.45, 7) is 2.12. The van der Waals surface area contributed by atoms with Gasteiger partial charge in [0.2, 0.25) is 0 Å². The third-order valence-electron chi connectivity index (χ3n) is 2.84.